The zero-order valence-electron chi connectivity index (χ0n) is 21.1. The van der Waals surface area contributed by atoms with E-state index in [4.69, 9.17) is 4.74 Å². The molecular formula is C30H37N3O3. The van der Waals surface area contributed by atoms with Crippen molar-refractivity contribution in [1.29, 1.82) is 0 Å². The van der Waals surface area contributed by atoms with Gasteiger partial charge < -0.3 is 19.4 Å². The Morgan fingerprint density at radius 3 is 1.92 bits per heavy atom. The number of morpholine rings is 1. The van der Waals surface area contributed by atoms with Gasteiger partial charge in [-0.15, -0.1) is 0 Å². The maximum absolute atomic E-state index is 13.6. The van der Waals surface area contributed by atoms with Crippen LogP contribution < -0.4 is 0 Å². The highest BCUT2D eigenvalue weighted by molar-refractivity contribution is 6.18. The lowest BCUT2D eigenvalue weighted by Crippen LogP contribution is -2.48. The van der Waals surface area contributed by atoms with E-state index in [9.17, 15) is 9.59 Å². The molecule has 3 aliphatic rings. The molecule has 0 atom stereocenters. The Morgan fingerprint density at radius 1 is 0.778 bits per heavy atom. The molecule has 3 aliphatic heterocycles. The van der Waals surface area contributed by atoms with Gasteiger partial charge in [-0.3, -0.25) is 9.59 Å². The van der Waals surface area contributed by atoms with Crippen LogP contribution >= 0.6 is 0 Å². The minimum Gasteiger partial charge on any atom is -0.378 e. The molecule has 36 heavy (non-hydrogen) atoms. The van der Waals surface area contributed by atoms with Gasteiger partial charge in [0.1, 0.15) is 0 Å². The van der Waals surface area contributed by atoms with Gasteiger partial charge in [-0.1, -0.05) is 55.0 Å². The molecule has 190 valence electrons. The number of rotatable bonds is 3. The van der Waals surface area contributed by atoms with Gasteiger partial charge in [-0.2, -0.15) is 0 Å². The van der Waals surface area contributed by atoms with E-state index >= 15 is 0 Å². The molecule has 0 saturated carbocycles. The highest BCUT2D eigenvalue weighted by Crippen LogP contribution is 2.31. The van der Waals surface area contributed by atoms with Gasteiger partial charge in [-0.25, -0.2) is 0 Å². The summed E-state index contributed by atoms with van der Waals surface area (Å²) in [5.41, 5.74) is 0.880. The van der Waals surface area contributed by atoms with Gasteiger partial charge in [0.25, 0.3) is 5.91 Å². The molecule has 0 aromatic heterocycles. The molecule has 6 nitrogen and oxygen atoms in total. The number of likely N-dealkylation sites (tertiary alicyclic amines) is 2. The number of fused-ring (bicyclic) bond motifs is 2. The first-order valence-corrected chi connectivity index (χ1v) is 13.5. The van der Waals surface area contributed by atoms with E-state index in [0.717, 1.165) is 72.5 Å². The largest absolute Gasteiger partial charge is 0.378 e. The summed E-state index contributed by atoms with van der Waals surface area (Å²) in [6.07, 6.45) is 7.12. The first kappa shape index (κ1) is 24.7. The van der Waals surface area contributed by atoms with Crippen molar-refractivity contribution < 1.29 is 14.3 Å². The topological polar surface area (TPSA) is 53.1 Å². The third-order valence-electron chi connectivity index (χ3n) is 7.84. The van der Waals surface area contributed by atoms with E-state index in [1.807, 2.05) is 12.1 Å². The fraction of sp³-hybridized carbons (Fsp3) is 0.467. The van der Waals surface area contributed by atoms with Crippen molar-refractivity contribution in [3.63, 3.8) is 0 Å². The van der Waals surface area contributed by atoms with Crippen LogP contribution in [0.1, 0.15) is 42.5 Å². The number of benzene rings is 3. The molecular weight excluding hydrogens is 450 g/mol. The first-order chi connectivity index (χ1) is 17.7. The summed E-state index contributed by atoms with van der Waals surface area (Å²) in [4.78, 5) is 30.1. The zero-order valence-corrected chi connectivity index (χ0v) is 21.1. The zero-order chi connectivity index (χ0) is 24.7. The Bertz CT molecular complexity index is 1120. The van der Waals surface area contributed by atoms with E-state index in [2.05, 4.69) is 52.3 Å². The van der Waals surface area contributed by atoms with Crippen LogP contribution in [0.4, 0.5) is 0 Å². The van der Waals surface area contributed by atoms with Crippen LogP contribution in [0.15, 0.2) is 54.6 Å². The van der Waals surface area contributed by atoms with Crippen molar-refractivity contribution in [3.8, 4) is 0 Å². The molecule has 3 saturated heterocycles. The van der Waals surface area contributed by atoms with Crippen molar-refractivity contribution in [2.75, 3.05) is 52.5 Å². The average Bonchev–Trinajstić information content (AvgIpc) is 2.97. The molecule has 0 radical (unpaired) electrons. The number of hydrogen-bond donors (Lipinski definition) is 0. The maximum Gasteiger partial charge on any atom is 0.255 e. The second kappa shape index (κ2) is 11.8. The summed E-state index contributed by atoms with van der Waals surface area (Å²) < 4.78 is 5.00. The van der Waals surface area contributed by atoms with Crippen molar-refractivity contribution in [2.45, 2.75) is 38.1 Å². The van der Waals surface area contributed by atoms with Gasteiger partial charge in [0.2, 0.25) is 6.41 Å². The monoisotopic (exact) mass is 487 g/mol. The van der Waals surface area contributed by atoms with Crippen LogP contribution in [0.25, 0.3) is 21.5 Å². The number of ether oxygens (including phenoxy) is 1. The van der Waals surface area contributed by atoms with Crippen LogP contribution in [0, 0.1) is 0 Å². The SMILES string of the molecule is O=C(c1c2ccccc2cc2ccccc12)N1CCC(N2CCCCC2)CC1.O=CN1CCOCC1. The average molecular weight is 488 g/mol. The van der Waals surface area contributed by atoms with Gasteiger partial charge >= 0.3 is 0 Å². The number of nitrogens with zero attached hydrogens (tertiary/aromatic N) is 3. The number of carbonyl (C=O) groups is 2. The summed E-state index contributed by atoms with van der Waals surface area (Å²) in [6.45, 7) is 7.12. The molecule has 0 unspecified atom stereocenters. The molecule has 0 N–H and O–H groups in total. The van der Waals surface area contributed by atoms with Crippen LogP contribution in [0.2, 0.25) is 0 Å². The van der Waals surface area contributed by atoms with E-state index in [0.29, 0.717) is 19.3 Å². The summed E-state index contributed by atoms with van der Waals surface area (Å²) >= 11 is 0. The lowest BCUT2D eigenvalue weighted by molar-refractivity contribution is -0.121. The summed E-state index contributed by atoms with van der Waals surface area (Å²) in [6, 6.07) is 19.4. The Morgan fingerprint density at radius 2 is 1.36 bits per heavy atom. The summed E-state index contributed by atoms with van der Waals surface area (Å²) in [7, 11) is 0. The Balaban J connectivity index is 0.000000286. The van der Waals surface area contributed by atoms with Gasteiger partial charge in [0.15, 0.2) is 0 Å². The fourth-order valence-corrected chi connectivity index (χ4v) is 5.80. The Labute approximate surface area is 213 Å². The highest BCUT2D eigenvalue weighted by Gasteiger charge is 2.29. The lowest BCUT2D eigenvalue weighted by Gasteiger charge is -2.40. The molecule has 3 aromatic rings. The molecule has 0 spiro atoms. The van der Waals surface area contributed by atoms with Crippen molar-refractivity contribution in [2.24, 2.45) is 0 Å². The van der Waals surface area contributed by atoms with E-state index in [-0.39, 0.29) is 5.91 Å². The Hall–Kier alpha value is -2.96. The smallest absolute Gasteiger partial charge is 0.255 e. The normalized spacial score (nSPS) is 19.7. The predicted molar refractivity (Wildman–Crippen MR) is 144 cm³/mol. The van der Waals surface area contributed by atoms with Crippen LogP contribution in [0.3, 0.4) is 0 Å². The van der Waals surface area contributed by atoms with Crippen molar-refractivity contribution >= 4 is 33.9 Å². The quantitative estimate of drug-likeness (QED) is 0.402. The number of carbonyl (C=O) groups excluding carboxylic acids is 2. The van der Waals surface area contributed by atoms with Crippen molar-refractivity contribution in [1.82, 2.24) is 14.7 Å². The summed E-state index contributed by atoms with van der Waals surface area (Å²) in [5, 5.41) is 4.44. The van der Waals surface area contributed by atoms with E-state index in [1.165, 1.54) is 32.4 Å². The highest BCUT2D eigenvalue weighted by atomic mass is 16.5. The maximum atomic E-state index is 13.6. The van der Waals surface area contributed by atoms with Crippen LogP contribution in [-0.4, -0.2) is 85.5 Å². The standard InChI is InChI=1S/C25H28N2O.C5H9NO2/c28-25(27-16-12-21(13-17-27)26-14-6-1-7-15-26)24-22-10-4-2-8-19(22)18-20-9-3-5-11-23(20)24;7-5-6-1-3-8-4-2-6/h2-5,8-11,18,21H,1,6-7,12-17H2;5H,1-4H2. The van der Waals surface area contributed by atoms with Gasteiger partial charge in [0.05, 0.1) is 18.8 Å². The third kappa shape index (κ3) is 5.55. The molecule has 3 aromatic carbocycles. The first-order valence-electron chi connectivity index (χ1n) is 13.5. The second-order valence-corrected chi connectivity index (χ2v) is 10.1. The summed E-state index contributed by atoms with van der Waals surface area (Å²) in [5.74, 6) is 0.199. The van der Waals surface area contributed by atoms with Crippen LogP contribution in [-0.2, 0) is 9.53 Å². The molecule has 6 heteroatoms. The lowest BCUT2D eigenvalue weighted by atomic mass is 9.94. The van der Waals surface area contributed by atoms with Gasteiger partial charge in [-0.05, 0) is 66.4 Å². The van der Waals surface area contributed by atoms with E-state index < -0.39 is 0 Å². The number of piperidine rings is 2. The molecule has 2 amide bonds. The van der Waals surface area contributed by atoms with Crippen molar-refractivity contribution in [3.05, 3.63) is 60.2 Å². The second-order valence-electron chi connectivity index (χ2n) is 10.1. The number of amides is 2. The van der Waals surface area contributed by atoms with Gasteiger partial charge in [0, 0.05) is 32.2 Å². The number of hydrogen-bond acceptors (Lipinski definition) is 4. The van der Waals surface area contributed by atoms with E-state index in [1.54, 1.807) is 4.90 Å². The van der Waals surface area contributed by atoms with Crippen LogP contribution in [0.5, 0.6) is 0 Å². The predicted octanol–water partition coefficient (Wildman–Crippen LogP) is 4.56. The Kier molecular flexibility index (Phi) is 8.14. The molecule has 3 heterocycles. The minimum absolute atomic E-state index is 0.199. The minimum atomic E-state index is 0.199. The third-order valence-corrected chi connectivity index (χ3v) is 7.84. The molecule has 0 bridgehead atoms. The fourth-order valence-electron chi connectivity index (χ4n) is 5.80. The molecule has 3 fully saturated rings. The molecule has 6 rings (SSSR count). The molecule has 0 aliphatic carbocycles.